The number of hydrogen-bond donors (Lipinski definition) is 2. The summed E-state index contributed by atoms with van der Waals surface area (Å²) >= 11 is 0. The molecule has 1 amide bonds. The summed E-state index contributed by atoms with van der Waals surface area (Å²) in [7, 11) is 0. The molecule has 5 heteroatoms. The maximum absolute atomic E-state index is 12.7. The Kier molecular flexibility index (Phi) is 5.60. The molecule has 0 aromatic heterocycles. The highest BCUT2D eigenvalue weighted by atomic mass is 16.3. The van der Waals surface area contributed by atoms with Crippen LogP contribution in [0.3, 0.4) is 0 Å². The van der Waals surface area contributed by atoms with E-state index in [0.717, 1.165) is 39.0 Å². The molecule has 3 fully saturated rings. The van der Waals surface area contributed by atoms with Crippen LogP contribution in [0.15, 0.2) is 0 Å². The summed E-state index contributed by atoms with van der Waals surface area (Å²) in [5, 5.41) is 13.3. The zero-order chi connectivity index (χ0) is 16.4. The van der Waals surface area contributed by atoms with Gasteiger partial charge >= 0.3 is 0 Å². The quantitative estimate of drug-likeness (QED) is 0.798. The van der Waals surface area contributed by atoms with Crippen molar-refractivity contribution in [2.24, 2.45) is 5.92 Å². The first kappa shape index (κ1) is 17.2. The van der Waals surface area contributed by atoms with Crippen LogP contribution < -0.4 is 5.32 Å². The van der Waals surface area contributed by atoms with Gasteiger partial charge in [-0.15, -0.1) is 0 Å². The van der Waals surface area contributed by atoms with Crippen LogP contribution in [0.5, 0.6) is 0 Å². The van der Waals surface area contributed by atoms with Crippen molar-refractivity contribution in [2.45, 2.75) is 76.6 Å². The van der Waals surface area contributed by atoms with Gasteiger partial charge in [0.15, 0.2) is 0 Å². The van der Waals surface area contributed by atoms with E-state index in [-0.39, 0.29) is 6.10 Å². The smallest absolute Gasteiger partial charge is 0.222 e. The molecule has 0 saturated carbocycles. The minimum absolute atomic E-state index is 0.295. The monoisotopic (exact) mass is 323 g/mol. The van der Waals surface area contributed by atoms with Gasteiger partial charge in [0.1, 0.15) is 0 Å². The number of hydrogen-bond acceptors (Lipinski definition) is 4. The normalized spacial score (nSPS) is 36.2. The number of nitrogens with zero attached hydrogens (tertiary/aromatic N) is 2. The predicted octanol–water partition coefficient (Wildman–Crippen LogP) is 1.21. The fraction of sp³-hybridized carbons (Fsp3) is 0.944. The van der Waals surface area contributed by atoms with Crippen LogP contribution in [-0.2, 0) is 4.79 Å². The topological polar surface area (TPSA) is 55.8 Å². The zero-order valence-corrected chi connectivity index (χ0v) is 14.7. The van der Waals surface area contributed by atoms with Crippen molar-refractivity contribution < 1.29 is 9.90 Å². The second kappa shape index (κ2) is 7.49. The molecule has 0 spiro atoms. The number of carbonyl (C=O) groups excluding carboxylic acids is 1. The van der Waals surface area contributed by atoms with Crippen molar-refractivity contribution in [1.82, 2.24) is 15.1 Å². The van der Waals surface area contributed by atoms with Gasteiger partial charge in [-0.25, -0.2) is 0 Å². The molecule has 0 aromatic rings. The van der Waals surface area contributed by atoms with Crippen LogP contribution in [-0.4, -0.2) is 71.2 Å². The Balaban J connectivity index is 1.50. The minimum Gasteiger partial charge on any atom is -0.392 e. The molecule has 3 rings (SSSR count). The van der Waals surface area contributed by atoms with Crippen molar-refractivity contribution in [3.8, 4) is 0 Å². The number of rotatable bonds is 5. The molecular weight excluding hydrogens is 290 g/mol. The number of aliphatic hydroxyl groups excluding tert-OH is 1. The molecule has 4 unspecified atom stereocenters. The van der Waals surface area contributed by atoms with Crippen molar-refractivity contribution >= 4 is 5.91 Å². The molecular formula is C18H33N3O2. The van der Waals surface area contributed by atoms with Gasteiger partial charge in [-0.2, -0.15) is 0 Å². The zero-order valence-electron chi connectivity index (χ0n) is 14.7. The molecule has 5 nitrogen and oxygen atoms in total. The molecule has 4 atom stereocenters. The maximum Gasteiger partial charge on any atom is 0.222 e. The van der Waals surface area contributed by atoms with Crippen molar-refractivity contribution in [2.75, 3.05) is 26.2 Å². The van der Waals surface area contributed by atoms with Crippen LogP contribution in [0.1, 0.15) is 52.4 Å². The van der Waals surface area contributed by atoms with E-state index in [1.807, 2.05) is 6.92 Å². The Hall–Kier alpha value is -0.650. The summed E-state index contributed by atoms with van der Waals surface area (Å²) in [6.45, 7) is 7.29. The van der Waals surface area contributed by atoms with Gasteiger partial charge in [0, 0.05) is 50.7 Å². The number of amides is 1. The molecule has 3 aliphatic heterocycles. The predicted molar refractivity (Wildman–Crippen MR) is 91.2 cm³/mol. The number of aliphatic hydroxyl groups is 1. The Morgan fingerprint density at radius 1 is 1.26 bits per heavy atom. The minimum atomic E-state index is -0.295. The largest absolute Gasteiger partial charge is 0.392 e. The number of piperazine rings is 1. The fourth-order valence-corrected chi connectivity index (χ4v) is 4.80. The molecule has 23 heavy (non-hydrogen) atoms. The van der Waals surface area contributed by atoms with E-state index in [0.29, 0.717) is 30.0 Å². The van der Waals surface area contributed by atoms with Gasteiger partial charge < -0.3 is 15.3 Å². The van der Waals surface area contributed by atoms with Gasteiger partial charge in [-0.3, -0.25) is 9.69 Å². The molecule has 3 heterocycles. The number of carbonyl (C=O) groups is 1. The van der Waals surface area contributed by atoms with Gasteiger partial charge in [-0.05, 0) is 44.9 Å². The van der Waals surface area contributed by atoms with Gasteiger partial charge in [0.2, 0.25) is 5.91 Å². The van der Waals surface area contributed by atoms with E-state index in [4.69, 9.17) is 0 Å². The third-order valence-electron chi connectivity index (χ3n) is 5.96. The Labute approximate surface area is 140 Å². The lowest BCUT2D eigenvalue weighted by molar-refractivity contribution is -0.135. The second-order valence-electron chi connectivity index (χ2n) is 7.93. The van der Waals surface area contributed by atoms with Crippen molar-refractivity contribution in [3.63, 3.8) is 0 Å². The molecule has 0 aromatic carbocycles. The first-order chi connectivity index (χ1) is 11.0. The molecule has 0 radical (unpaired) electrons. The summed E-state index contributed by atoms with van der Waals surface area (Å²) < 4.78 is 0. The van der Waals surface area contributed by atoms with E-state index >= 15 is 0 Å². The summed E-state index contributed by atoms with van der Waals surface area (Å²) in [5.41, 5.74) is 0. The molecule has 2 N–H and O–H groups in total. The molecule has 2 bridgehead atoms. The summed E-state index contributed by atoms with van der Waals surface area (Å²) in [5.74, 6) is 0.934. The lowest BCUT2D eigenvalue weighted by Gasteiger charge is -2.42. The van der Waals surface area contributed by atoms with E-state index < -0.39 is 0 Å². The average molecular weight is 323 g/mol. The summed E-state index contributed by atoms with van der Waals surface area (Å²) in [6, 6.07) is 1.72. The second-order valence-corrected chi connectivity index (χ2v) is 7.93. The van der Waals surface area contributed by atoms with Crippen molar-refractivity contribution in [3.05, 3.63) is 0 Å². The molecule has 3 saturated heterocycles. The van der Waals surface area contributed by atoms with Gasteiger partial charge in [0.25, 0.3) is 0 Å². The molecule has 3 aliphatic rings. The number of nitrogens with one attached hydrogen (secondary N) is 1. The average Bonchev–Trinajstić information content (AvgIpc) is 2.85. The lowest BCUT2D eigenvalue weighted by atomic mass is 9.89. The van der Waals surface area contributed by atoms with Crippen LogP contribution >= 0.6 is 0 Å². The third-order valence-corrected chi connectivity index (χ3v) is 5.96. The SMILES string of the molecule is CCC1CN(C(=O)CC2CC3CCC(C2)N3)CCN1CC(C)O. The Bertz CT molecular complexity index is 403. The van der Waals surface area contributed by atoms with Gasteiger partial charge in [0.05, 0.1) is 6.10 Å². The lowest BCUT2D eigenvalue weighted by Crippen LogP contribution is -2.56. The highest BCUT2D eigenvalue weighted by Crippen LogP contribution is 2.33. The summed E-state index contributed by atoms with van der Waals surface area (Å²) in [4.78, 5) is 17.2. The van der Waals surface area contributed by atoms with Crippen molar-refractivity contribution in [1.29, 1.82) is 0 Å². The maximum atomic E-state index is 12.7. The van der Waals surface area contributed by atoms with Crippen LogP contribution in [0.2, 0.25) is 0 Å². The Morgan fingerprint density at radius 2 is 1.96 bits per heavy atom. The molecule has 0 aliphatic carbocycles. The van der Waals surface area contributed by atoms with E-state index in [9.17, 15) is 9.90 Å². The van der Waals surface area contributed by atoms with E-state index in [1.165, 1.54) is 25.7 Å². The number of piperidine rings is 1. The molecule has 132 valence electrons. The van der Waals surface area contributed by atoms with E-state index in [1.54, 1.807) is 0 Å². The number of β-amino-alcohol motifs (C(OH)–C–C–N with tert-alkyl or cyclic N) is 1. The van der Waals surface area contributed by atoms with Crippen LogP contribution in [0, 0.1) is 5.92 Å². The summed E-state index contributed by atoms with van der Waals surface area (Å²) in [6.07, 6.45) is 6.44. The van der Waals surface area contributed by atoms with E-state index in [2.05, 4.69) is 22.0 Å². The highest BCUT2D eigenvalue weighted by Gasteiger charge is 2.36. The first-order valence-electron chi connectivity index (χ1n) is 9.51. The van der Waals surface area contributed by atoms with Crippen LogP contribution in [0.25, 0.3) is 0 Å². The van der Waals surface area contributed by atoms with Crippen LogP contribution in [0.4, 0.5) is 0 Å². The highest BCUT2D eigenvalue weighted by molar-refractivity contribution is 5.76. The Morgan fingerprint density at radius 3 is 2.57 bits per heavy atom. The fourth-order valence-electron chi connectivity index (χ4n) is 4.80. The third kappa shape index (κ3) is 4.25. The first-order valence-corrected chi connectivity index (χ1v) is 9.51. The van der Waals surface area contributed by atoms with Gasteiger partial charge in [-0.1, -0.05) is 6.92 Å². The standard InChI is InChI=1S/C18H33N3O2/c1-3-17-12-21(7-6-20(17)11-13(2)22)18(23)10-14-8-15-4-5-16(9-14)19-15/h13-17,19,22H,3-12H2,1-2H3. The number of fused-ring (bicyclic) bond motifs is 2.